The van der Waals surface area contributed by atoms with Crippen LogP contribution in [0.3, 0.4) is 0 Å². The van der Waals surface area contributed by atoms with Gasteiger partial charge >= 0.3 is 5.97 Å². The molecule has 160 valence electrons. The van der Waals surface area contributed by atoms with Crippen LogP contribution in [-0.4, -0.2) is 57.8 Å². The third-order valence-corrected chi connectivity index (χ3v) is 6.54. The largest absolute Gasteiger partial charge is 0.476 e. The minimum atomic E-state index is -0.999. The Labute approximate surface area is 177 Å². The zero-order chi connectivity index (χ0) is 21.3. The Kier molecular flexibility index (Phi) is 5.79. The topological polar surface area (TPSA) is 78.7 Å². The quantitative estimate of drug-likeness (QED) is 0.784. The number of fused-ring (bicyclic) bond motifs is 1. The molecule has 0 bridgehead atoms. The number of carboxylic acid groups (broad SMARTS) is 1. The van der Waals surface area contributed by atoms with Crippen LogP contribution in [0.4, 0.5) is 5.69 Å². The van der Waals surface area contributed by atoms with Crippen LogP contribution in [-0.2, 0) is 24.2 Å². The van der Waals surface area contributed by atoms with Gasteiger partial charge < -0.3 is 14.9 Å². The molecule has 1 fully saturated rings. The Hall–Kier alpha value is -2.83. The summed E-state index contributed by atoms with van der Waals surface area (Å²) in [4.78, 5) is 28.8. The molecule has 7 nitrogen and oxygen atoms in total. The van der Waals surface area contributed by atoms with Crippen LogP contribution in [0.1, 0.15) is 52.1 Å². The van der Waals surface area contributed by atoms with E-state index in [1.165, 1.54) is 16.8 Å². The highest BCUT2D eigenvalue weighted by Crippen LogP contribution is 2.25. The highest BCUT2D eigenvalue weighted by atomic mass is 16.4. The minimum Gasteiger partial charge on any atom is -0.476 e. The average Bonchev–Trinajstić information content (AvgIpc) is 2.91. The van der Waals surface area contributed by atoms with Crippen LogP contribution in [0.15, 0.2) is 18.2 Å². The lowest BCUT2D eigenvalue weighted by molar-refractivity contribution is -0.132. The van der Waals surface area contributed by atoms with Crippen molar-refractivity contribution in [2.75, 3.05) is 31.1 Å². The number of carbonyl (C=O) groups excluding carboxylic acids is 1. The molecule has 1 aromatic carbocycles. The van der Waals surface area contributed by atoms with Gasteiger partial charge in [0.15, 0.2) is 5.69 Å². The summed E-state index contributed by atoms with van der Waals surface area (Å²) < 4.78 is 1.66. The van der Waals surface area contributed by atoms with E-state index in [-0.39, 0.29) is 18.1 Å². The van der Waals surface area contributed by atoms with Crippen LogP contribution >= 0.6 is 0 Å². The van der Waals surface area contributed by atoms with E-state index in [1.807, 2.05) is 4.90 Å². The van der Waals surface area contributed by atoms with Gasteiger partial charge in [0.05, 0.1) is 0 Å². The summed E-state index contributed by atoms with van der Waals surface area (Å²) in [5.74, 6) is -0.983. The fraction of sp³-hybridized carbons (Fsp3) is 0.522. The molecule has 1 aromatic heterocycles. The maximum Gasteiger partial charge on any atom is 0.356 e. The molecule has 2 aliphatic rings. The number of carboxylic acids is 1. The van der Waals surface area contributed by atoms with E-state index in [1.54, 1.807) is 4.68 Å². The first kappa shape index (κ1) is 20.4. The molecule has 1 saturated heterocycles. The molecule has 1 aliphatic heterocycles. The lowest BCUT2D eigenvalue weighted by Crippen LogP contribution is -2.50. The number of aromatic carboxylic acids is 1. The Morgan fingerprint density at radius 3 is 2.50 bits per heavy atom. The third-order valence-electron chi connectivity index (χ3n) is 6.54. The van der Waals surface area contributed by atoms with Crippen molar-refractivity contribution in [2.24, 2.45) is 0 Å². The molecule has 4 rings (SSSR count). The van der Waals surface area contributed by atoms with E-state index < -0.39 is 5.97 Å². The van der Waals surface area contributed by atoms with Gasteiger partial charge in [0.25, 0.3) is 0 Å². The Morgan fingerprint density at radius 1 is 1.03 bits per heavy atom. The summed E-state index contributed by atoms with van der Waals surface area (Å²) in [5, 5.41) is 13.8. The third kappa shape index (κ3) is 3.93. The minimum absolute atomic E-state index is 0.0158. The van der Waals surface area contributed by atoms with Crippen molar-refractivity contribution in [3.05, 3.63) is 46.3 Å². The molecule has 0 atom stereocenters. The van der Waals surface area contributed by atoms with Crippen LogP contribution in [0.5, 0.6) is 0 Å². The van der Waals surface area contributed by atoms with Gasteiger partial charge in [-0.05, 0) is 56.7 Å². The molecular weight excluding hydrogens is 380 g/mol. The maximum atomic E-state index is 13.0. The number of nitrogens with zero attached hydrogens (tertiary/aromatic N) is 4. The van der Waals surface area contributed by atoms with Crippen molar-refractivity contribution in [2.45, 2.75) is 52.5 Å². The normalized spacial score (nSPS) is 16.9. The van der Waals surface area contributed by atoms with Crippen molar-refractivity contribution in [3.8, 4) is 0 Å². The van der Waals surface area contributed by atoms with Gasteiger partial charge in [-0.2, -0.15) is 5.10 Å². The second-order valence-corrected chi connectivity index (χ2v) is 8.38. The van der Waals surface area contributed by atoms with Crippen molar-refractivity contribution >= 4 is 17.6 Å². The highest BCUT2D eigenvalue weighted by Gasteiger charge is 2.27. The van der Waals surface area contributed by atoms with E-state index in [0.29, 0.717) is 13.1 Å². The van der Waals surface area contributed by atoms with E-state index in [0.717, 1.165) is 56.5 Å². The molecule has 1 amide bonds. The van der Waals surface area contributed by atoms with Crippen LogP contribution in [0.25, 0.3) is 0 Å². The van der Waals surface area contributed by atoms with Crippen LogP contribution in [0, 0.1) is 13.8 Å². The number of anilines is 1. The number of benzene rings is 1. The van der Waals surface area contributed by atoms with E-state index in [9.17, 15) is 14.7 Å². The number of hydrogen-bond donors (Lipinski definition) is 1. The molecule has 0 saturated carbocycles. The summed E-state index contributed by atoms with van der Waals surface area (Å²) in [6.45, 7) is 7.33. The van der Waals surface area contributed by atoms with Crippen LogP contribution in [0.2, 0.25) is 0 Å². The Morgan fingerprint density at radius 2 is 1.77 bits per heavy atom. The molecule has 1 N–H and O–H groups in total. The monoisotopic (exact) mass is 410 g/mol. The molecule has 0 unspecified atom stereocenters. The molecule has 0 spiro atoms. The van der Waals surface area contributed by atoms with Gasteiger partial charge in [0.1, 0.15) is 6.54 Å². The second kappa shape index (κ2) is 8.50. The van der Waals surface area contributed by atoms with Gasteiger partial charge in [-0.3, -0.25) is 9.48 Å². The molecule has 0 radical (unpaired) electrons. The Balaban J connectivity index is 1.44. The van der Waals surface area contributed by atoms with Crippen molar-refractivity contribution in [3.63, 3.8) is 0 Å². The first-order valence-electron chi connectivity index (χ1n) is 10.9. The number of aryl methyl sites for hydroxylation is 1. The Bertz CT molecular complexity index is 958. The summed E-state index contributed by atoms with van der Waals surface area (Å²) in [6.07, 6.45) is 4.61. The number of aromatic nitrogens is 2. The van der Waals surface area contributed by atoms with Gasteiger partial charge in [0, 0.05) is 43.1 Å². The van der Waals surface area contributed by atoms with Crippen molar-refractivity contribution < 1.29 is 14.7 Å². The zero-order valence-corrected chi connectivity index (χ0v) is 17.9. The lowest BCUT2D eigenvalue weighted by Gasteiger charge is -2.37. The lowest BCUT2D eigenvalue weighted by atomic mass is 10.1. The second-order valence-electron chi connectivity index (χ2n) is 8.38. The van der Waals surface area contributed by atoms with E-state index in [2.05, 4.69) is 42.0 Å². The van der Waals surface area contributed by atoms with Gasteiger partial charge in [-0.25, -0.2) is 4.79 Å². The standard InChI is InChI=1S/C23H30N4O3/c1-16-7-6-10-19(17(16)2)25-11-13-26(14-12-25)21(28)15-27-20-9-5-3-4-8-18(20)22(24-27)23(29)30/h6-7,10H,3-5,8-9,11-15H2,1-2H3,(H,29,30). The fourth-order valence-electron chi connectivity index (χ4n) is 4.65. The number of piperazine rings is 1. The van der Waals surface area contributed by atoms with E-state index in [4.69, 9.17) is 0 Å². The first-order valence-corrected chi connectivity index (χ1v) is 10.9. The van der Waals surface area contributed by atoms with Gasteiger partial charge in [0.2, 0.25) is 5.91 Å². The number of hydrogen-bond acceptors (Lipinski definition) is 4. The molecule has 2 heterocycles. The fourth-order valence-corrected chi connectivity index (χ4v) is 4.65. The summed E-state index contributed by atoms with van der Waals surface area (Å²) in [6, 6.07) is 6.35. The smallest absolute Gasteiger partial charge is 0.356 e. The molecular formula is C23H30N4O3. The van der Waals surface area contributed by atoms with Gasteiger partial charge in [-0.15, -0.1) is 0 Å². The number of rotatable bonds is 4. The average molecular weight is 411 g/mol. The SMILES string of the molecule is Cc1cccc(N2CCN(C(=O)Cn3nc(C(=O)O)c4c3CCCCC4)CC2)c1C. The molecule has 30 heavy (non-hydrogen) atoms. The predicted octanol–water partition coefficient (Wildman–Crippen LogP) is 2.82. The van der Waals surface area contributed by atoms with Crippen molar-refractivity contribution in [1.82, 2.24) is 14.7 Å². The molecule has 1 aliphatic carbocycles. The van der Waals surface area contributed by atoms with Crippen LogP contribution < -0.4 is 4.90 Å². The number of amides is 1. The molecule has 7 heteroatoms. The first-order chi connectivity index (χ1) is 14.5. The zero-order valence-electron chi connectivity index (χ0n) is 17.9. The van der Waals surface area contributed by atoms with Crippen molar-refractivity contribution in [1.29, 1.82) is 0 Å². The van der Waals surface area contributed by atoms with Gasteiger partial charge in [-0.1, -0.05) is 18.6 Å². The van der Waals surface area contributed by atoms with E-state index >= 15 is 0 Å². The predicted molar refractivity (Wildman–Crippen MR) is 115 cm³/mol. The number of carbonyl (C=O) groups is 2. The summed E-state index contributed by atoms with van der Waals surface area (Å²) >= 11 is 0. The summed E-state index contributed by atoms with van der Waals surface area (Å²) in [7, 11) is 0. The molecule has 2 aromatic rings. The maximum absolute atomic E-state index is 13.0. The summed E-state index contributed by atoms with van der Waals surface area (Å²) in [5.41, 5.74) is 5.70. The highest BCUT2D eigenvalue weighted by molar-refractivity contribution is 5.87.